The molecule has 2 fully saturated rings. The molecule has 2 saturated heterocycles. The molecule has 0 aromatic heterocycles. The Morgan fingerprint density at radius 2 is 1.28 bits per heavy atom. The molecule has 0 saturated carbocycles. The number of carbonyl (C=O) groups is 2. The highest BCUT2D eigenvalue weighted by Gasteiger charge is 2.45. The standard InChI is InChI=1S/C21H24N4O5S2/c26-12-5-3-11(4-6-12)13(14-16(27)22-20-24(18(14)29)7-1-9-31-20)15-17(28)23-21-25(19(15)30)8-2-10-32-21/h3-6,13,20-21,26,29-30H,1-2,7-10H2,(H,22,27)(H,23,28)/t20-,21-/m0/s1. The Morgan fingerprint density at radius 3 is 1.75 bits per heavy atom. The fourth-order valence-corrected chi connectivity index (χ4v) is 6.69. The van der Waals surface area contributed by atoms with E-state index >= 15 is 0 Å². The highest BCUT2D eigenvalue weighted by molar-refractivity contribution is 8.00. The van der Waals surface area contributed by atoms with Crippen molar-refractivity contribution in [3.05, 3.63) is 52.7 Å². The van der Waals surface area contributed by atoms with Crippen molar-refractivity contribution in [2.24, 2.45) is 0 Å². The number of benzene rings is 1. The molecule has 9 nitrogen and oxygen atoms in total. The zero-order valence-corrected chi connectivity index (χ0v) is 18.8. The Kier molecular flexibility index (Phi) is 5.54. The molecule has 4 aliphatic heterocycles. The molecule has 1 aromatic rings. The van der Waals surface area contributed by atoms with Crippen LogP contribution in [0, 0.1) is 0 Å². The van der Waals surface area contributed by atoms with E-state index in [9.17, 15) is 24.9 Å². The number of fused-ring (bicyclic) bond motifs is 2. The smallest absolute Gasteiger partial charge is 0.255 e. The second-order valence-electron chi connectivity index (χ2n) is 7.99. The number of rotatable bonds is 3. The summed E-state index contributed by atoms with van der Waals surface area (Å²) in [6, 6.07) is 6.10. The van der Waals surface area contributed by atoms with Gasteiger partial charge in [0.15, 0.2) is 22.8 Å². The molecule has 1 aromatic carbocycles. The number of hydrogen-bond donors (Lipinski definition) is 5. The number of nitrogens with one attached hydrogen (secondary N) is 2. The van der Waals surface area contributed by atoms with E-state index in [0.717, 1.165) is 24.3 Å². The lowest BCUT2D eigenvalue weighted by molar-refractivity contribution is -0.121. The molecular weight excluding hydrogens is 452 g/mol. The molecule has 0 unspecified atom stereocenters. The van der Waals surface area contributed by atoms with Gasteiger partial charge in [-0.3, -0.25) is 9.59 Å². The lowest BCUT2D eigenvalue weighted by Crippen LogP contribution is -2.56. The van der Waals surface area contributed by atoms with Crippen LogP contribution in [0.15, 0.2) is 47.2 Å². The van der Waals surface area contributed by atoms with Gasteiger partial charge < -0.3 is 35.8 Å². The molecule has 4 heterocycles. The van der Waals surface area contributed by atoms with Gasteiger partial charge in [0, 0.05) is 13.1 Å². The normalized spacial score (nSPS) is 26.0. The van der Waals surface area contributed by atoms with Crippen LogP contribution >= 0.6 is 23.5 Å². The van der Waals surface area contributed by atoms with Crippen molar-refractivity contribution in [2.45, 2.75) is 29.8 Å². The molecule has 2 atom stereocenters. The third-order valence-electron chi connectivity index (χ3n) is 6.03. The van der Waals surface area contributed by atoms with E-state index < -0.39 is 17.7 Å². The van der Waals surface area contributed by atoms with E-state index in [1.54, 1.807) is 21.9 Å². The first-order chi connectivity index (χ1) is 15.5. The van der Waals surface area contributed by atoms with E-state index in [4.69, 9.17) is 0 Å². The van der Waals surface area contributed by atoms with E-state index in [0.29, 0.717) is 18.7 Å². The summed E-state index contributed by atoms with van der Waals surface area (Å²) >= 11 is 3.07. The maximum absolute atomic E-state index is 13.2. The number of amides is 2. The summed E-state index contributed by atoms with van der Waals surface area (Å²) in [6.45, 7) is 1.13. The summed E-state index contributed by atoms with van der Waals surface area (Å²) in [7, 11) is 0. The van der Waals surface area contributed by atoms with Crippen LogP contribution in [0.3, 0.4) is 0 Å². The SMILES string of the molecule is O=C1N[C@@H]2SCCCN2C(O)=C1C(C1=C(O)N2CCCS[C@H]2NC1=O)c1ccc(O)cc1. The molecule has 0 spiro atoms. The predicted molar refractivity (Wildman–Crippen MR) is 122 cm³/mol. The minimum absolute atomic E-state index is 0.00857. The lowest BCUT2D eigenvalue weighted by atomic mass is 9.82. The lowest BCUT2D eigenvalue weighted by Gasteiger charge is -2.44. The molecule has 5 rings (SSSR count). The summed E-state index contributed by atoms with van der Waals surface area (Å²) in [6.07, 6.45) is 1.69. The van der Waals surface area contributed by atoms with Crippen LogP contribution < -0.4 is 10.6 Å². The fourth-order valence-electron chi connectivity index (χ4n) is 4.50. The number of phenolic OH excluding ortho intramolecular Hbond substituents is 1. The van der Waals surface area contributed by atoms with Gasteiger partial charge in [-0.1, -0.05) is 12.1 Å². The van der Waals surface area contributed by atoms with Crippen molar-refractivity contribution in [3.63, 3.8) is 0 Å². The summed E-state index contributed by atoms with van der Waals surface area (Å²) in [5.41, 5.74) is -0.219. The van der Waals surface area contributed by atoms with Crippen molar-refractivity contribution < 1.29 is 24.9 Å². The first-order valence-corrected chi connectivity index (χ1v) is 12.6. The third kappa shape index (κ3) is 3.53. The molecule has 170 valence electrons. The quantitative estimate of drug-likeness (QED) is 0.443. The predicted octanol–water partition coefficient (Wildman–Crippen LogP) is 1.72. The second kappa shape index (κ2) is 8.36. The number of hydrogen-bond acceptors (Lipinski definition) is 9. The van der Waals surface area contributed by atoms with Gasteiger partial charge in [0.05, 0.1) is 17.1 Å². The van der Waals surface area contributed by atoms with Crippen molar-refractivity contribution in [1.82, 2.24) is 20.4 Å². The number of aromatic hydroxyl groups is 1. The average molecular weight is 477 g/mol. The van der Waals surface area contributed by atoms with E-state index in [1.165, 1.54) is 35.7 Å². The Hall–Kier alpha value is -2.66. The zero-order chi connectivity index (χ0) is 22.4. The fraction of sp³-hybridized carbons (Fsp3) is 0.429. The van der Waals surface area contributed by atoms with Crippen LogP contribution in [0.1, 0.15) is 24.3 Å². The average Bonchev–Trinajstić information content (AvgIpc) is 2.78. The topological polar surface area (TPSA) is 125 Å². The number of aliphatic hydroxyl groups is 2. The zero-order valence-electron chi connectivity index (χ0n) is 17.2. The van der Waals surface area contributed by atoms with Crippen LogP contribution in [0.25, 0.3) is 0 Å². The van der Waals surface area contributed by atoms with Gasteiger partial charge in [-0.2, -0.15) is 0 Å². The van der Waals surface area contributed by atoms with Crippen molar-refractivity contribution in [1.29, 1.82) is 0 Å². The Labute approximate surface area is 193 Å². The van der Waals surface area contributed by atoms with Crippen LogP contribution in [0.2, 0.25) is 0 Å². The third-order valence-corrected chi connectivity index (χ3v) is 8.46. The van der Waals surface area contributed by atoms with Gasteiger partial charge >= 0.3 is 0 Å². The largest absolute Gasteiger partial charge is 0.508 e. The van der Waals surface area contributed by atoms with Gasteiger partial charge in [-0.25, -0.2) is 0 Å². The highest BCUT2D eigenvalue weighted by atomic mass is 32.2. The van der Waals surface area contributed by atoms with Gasteiger partial charge in [0.1, 0.15) is 5.75 Å². The van der Waals surface area contributed by atoms with Crippen LogP contribution in [0.5, 0.6) is 5.75 Å². The van der Waals surface area contributed by atoms with E-state index in [1.807, 2.05) is 0 Å². The highest BCUT2D eigenvalue weighted by Crippen LogP contribution is 2.42. The van der Waals surface area contributed by atoms with Gasteiger partial charge in [-0.05, 0) is 42.0 Å². The summed E-state index contributed by atoms with van der Waals surface area (Å²) < 4.78 is 0. The molecule has 4 aliphatic rings. The van der Waals surface area contributed by atoms with Crippen LogP contribution in [-0.4, -0.2) is 72.5 Å². The van der Waals surface area contributed by atoms with Crippen LogP contribution in [-0.2, 0) is 9.59 Å². The van der Waals surface area contributed by atoms with Gasteiger partial charge in [0.2, 0.25) is 0 Å². The first-order valence-electron chi connectivity index (χ1n) is 10.5. The van der Waals surface area contributed by atoms with Crippen molar-refractivity contribution in [2.75, 3.05) is 24.6 Å². The van der Waals surface area contributed by atoms with E-state index in [-0.39, 0.29) is 39.7 Å². The van der Waals surface area contributed by atoms with E-state index in [2.05, 4.69) is 10.6 Å². The van der Waals surface area contributed by atoms with Gasteiger partial charge in [-0.15, -0.1) is 23.5 Å². The molecule has 0 aliphatic carbocycles. The summed E-state index contributed by atoms with van der Waals surface area (Å²) in [4.78, 5) is 29.9. The maximum atomic E-state index is 13.2. The number of thioether (sulfide) groups is 2. The minimum Gasteiger partial charge on any atom is -0.508 e. The molecule has 2 amide bonds. The van der Waals surface area contributed by atoms with Crippen LogP contribution in [0.4, 0.5) is 0 Å². The Morgan fingerprint density at radius 1 is 0.812 bits per heavy atom. The number of phenols is 1. The minimum atomic E-state index is -1.02. The molecule has 32 heavy (non-hydrogen) atoms. The first kappa shape index (κ1) is 21.2. The molecule has 5 N–H and O–H groups in total. The summed E-state index contributed by atoms with van der Waals surface area (Å²) in [5, 5.41) is 38.0. The second-order valence-corrected chi connectivity index (χ2v) is 10.4. The monoisotopic (exact) mass is 476 g/mol. The Balaban J connectivity index is 1.67. The number of nitrogens with zero attached hydrogens (tertiary/aromatic N) is 2. The van der Waals surface area contributed by atoms with Crippen molar-refractivity contribution >= 4 is 35.3 Å². The Bertz CT molecular complexity index is 954. The maximum Gasteiger partial charge on any atom is 0.255 e. The molecule has 0 bridgehead atoms. The molecule has 0 radical (unpaired) electrons. The van der Waals surface area contributed by atoms with Gasteiger partial charge in [0.25, 0.3) is 11.8 Å². The summed E-state index contributed by atoms with van der Waals surface area (Å²) in [5.74, 6) is -0.596. The molecular formula is C21H24N4O5S2. The number of aliphatic hydroxyl groups excluding tert-OH is 2. The van der Waals surface area contributed by atoms with Crippen molar-refractivity contribution in [3.8, 4) is 5.75 Å². The number of carbonyl (C=O) groups excluding carboxylic acids is 2. The molecule has 11 heteroatoms.